The summed E-state index contributed by atoms with van der Waals surface area (Å²) >= 11 is 3.57. The van der Waals surface area contributed by atoms with Crippen LogP contribution in [0.4, 0.5) is 0 Å². The van der Waals surface area contributed by atoms with Gasteiger partial charge in [0, 0.05) is 11.8 Å². The number of hydrogen-bond acceptors (Lipinski definition) is 3. The lowest BCUT2D eigenvalue weighted by Gasteiger charge is -2.14. The van der Waals surface area contributed by atoms with E-state index >= 15 is 0 Å². The standard InChI is InChI=1S/C14H12INO3S/c15-12-7-10(8-20-12)13(17)16-11(14(18)19)6-9-4-2-1-3-5-9/h1-5,7-8,11H,6H2,(H,16,17)(H,18,19)/t11-/m0/s1. The Hall–Kier alpha value is -1.41. The molecular formula is C14H12INO3S. The number of nitrogens with one attached hydrogen (secondary N) is 1. The van der Waals surface area contributed by atoms with Gasteiger partial charge in [-0.3, -0.25) is 4.79 Å². The topological polar surface area (TPSA) is 66.4 Å². The number of aliphatic carboxylic acids is 1. The van der Waals surface area contributed by atoms with E-state index in [1.807, 2.05) is 30.3 Å². The zero-order valence-corrected chi connectivity index (χ0v) is 13.3. The van der Waals surface area contributed by atoms with Gasteiger partial charge in [0.2, 0.25) is 0 Å². The number of thiophene rings is 1. The maximum atomic E-state index is 12.0. The van der Waals surface area contributed by atoms with Crippen molar-refractivity contribution >= 4 is 45.8 Å². The van der Waals surface area contributed by atoms with Gasteiger partial charge in [-0.05, 0) is 34.2 Å². The Morgan fingerprint density at radius 2 is 2.00 bits per heavy atom. The van der Waals surface area contributed by atoms with E-state index in [1.165, 1.54) is 11.3 Å². The number of rotatable bonds is 5. The minimum absolute atomic E-state index is 0.267. The number of benzene rings is 1. The van der Waals surface area contributed by atoms with Gasteiger partial charge in [-0.25, -0.2) is 4.79 Å². The van der Waals surface area contributed by atoms with Crippen LogP contribution in [0.1, 0.15) is 15.9 Å². The van der Waals surface area contributed by atoms with Gasteiger partial charge in [0.25, 0.3) is 5.91 Å². The average molecular weight is 401 g/mol. The second-order valence-electron chi connectivity index (χ2n) is 4.19. The van der Waals surface area contributed by atoms with E-state index in [0.29, 0.717) is 5.56 Å². The maximum absolute atomic E-state index is 12.0. The third-order valence-corrected chi connectivity index (χ3v) is 4.50. The molecule has 0 saturated heterocycles. The summed E-state index contributed by atoms with van der Waals surface area (Å²) in [5, 5.41) is 13.5. The number of carbonyl (C=O) groups is 2. The van der Waals surface area contributed by atoms with Crippen molar-refractivity contribution in [3.8, 4) is 0 Å². The molecule has 0 unspecified atom stereocenters. The summed E-state index contributed by atoms with van der Waals surface area (Å²) in [5.74, 6) is -1.39. The number of halogens is 1. The number of carbonyl (C=O) groups excluding carboxylic acids is 1. The third kappa shape index (κ3) is 4.04. The van der Waals surface area contributed by atoms with Crippen LogP contribution in [-0.2, 0) is 11.2 Å². The zero-order chi connectivity index (χ0) is 14.5. The smallest absolute Gasteiger partial charge is 0.326 e. The van der Waals surface area contributed by atoms with Crippen LogP contribution in [0.2, 0.25) is 0 Å². The highest BCUT2D eigenvalue weighted by Gasteiger charge is 2.21. The first-order valence-electron chi connectivity index (χ1n) is 5.88. The van der Waals surface area contributed by atoms with Crippen LogP contribution in [0.5, 0.6) is 0 Å². The van der Waals surface area contributed by atoms with Crippen LogP contribution < -0.4 is 5.32 Å². The molecule has 0 radical (unpaired) electrons. The molecule has 0 aliphatic heterocycles. The lowest BCUT2D eigenvalue weighted by atomic mass is 10.1. The predicted molar refractivity (Wildman–Crippen MR) is 86.1 cm³/mol. The molecule has 4 nitrogen and oxygen atoms in total. The monoisotopic (exact) mass is 401 g/mol. The quantitative estimate of drug-likeness (QED) is 0.758. The van der Waals surface area contributed by atoms with Gasteiger partial charge in [-0.1, -0.05) is 30.3 Å². The van der Waals surface area contributed by atoms with E-state index in [-0.39, 0.29) is 12.3 Å². The summed E-state index contributed by atoms with van der Waals surface area (Å²) in [6.07, 6.45) is 0.267. The van der Waals surface area contributed by atoms with Crippen molar-refractivity contribution in [3.63, 3.8) is 0 Å². The molecule has 0 aliphatic carbocycles. The molecule has 2 aromatic rings. The van der Waals surface area contributed by atoms with Crippen molar-refractivity contribution in [1.82, 2.24) is 5.32 Å². The van der Waals surface area contributed by atoms with E-state index in [1.54, 1.807) is 11.4 Å². The van der Waals surface area contributed by atoms with Crippen LogP contribution in [-0.4, -0.2) is 23.0 Å². The molecule has 0 aliphatic rings. The lowest BCUT2D eigenvalue weighted by Crippen LogP contribution is -2.42. The molecule has 104 valence electrons. The Morgan fingerprint density at radius 3 is 2.55 bits per heavy atom. The summed E-state index contributed by atoms with van der Waals surface area (Å²) in [4.78, 5) is 23.3. The number of hydrogen-bond donors (Lipinski definition) is 2. The predicted octanol–water partition coefficient (Wildman–Crippen LogP) is 2.78. The van der Waals surface area contributed by atoms with Crippen LogP contribution in [0.3, 0.4) is 0 Å². The highest BCUT2D eigenvalue weighted by molar-refractivity contribution is 14.1. The molecule has 1 aromatic carbocycles. The fraction of sp³-hybridized carbons (Fsp3) is 0.143. The lowest BCUT2D eigenvalue weighted by molar-refractivity contribution is -0.139. The first-order valence-corrected chi connectivity index (χ1v) is 7.83. The minimum atomic E-state index is -1.04. The van der Waals surface area contributed by atoms with Crippen molar-refractivity contribution in [1.29, 1.82) is 0 Å². The Kier molecular flexibility index (Phi) is 5.13. The van der Waals surface area contributed by atoms with E-state index in [4.69, 9.17) is 0 Å². The molecule has 1 atom stereocenters. The van der Waals surface area contributed by atoms with E-state index < -0.39 is 12.0 Å². The van der Waals surface area contributed by atoms with E-state index in [2.05, 4.69) is 27.9 Å². The molecule has 1 heterocycles. The summed E-state index contributed by atoms with van der Waals surface area (Å²) < 4.78 is 0.989. The molecule has 20 heavy (non-hydrogen) atoms. The molecule has 2 N–H and O–H groups in total. The van der Waals surface area contributed by atoms with Crippen LogP contribution in [0.25, 0.3) is 0 Å². The first kappa shape index (κ1) is 15.0. The Labute approximate surface area is 134 Å². The molecular weight excluding hydrogens is 389 g/mol. The fourth-order valence-corrected chi connectivity index (χ4v) is 3.05. The van der Waals surface area contributed by atoms with Gasteiger partial charge in [-0.15, -0.1) is 11.3 Å². The second-order valence-corrected chi connectivity index (χ2v) is 7.00. The minimum Gasteiger partial charge on any atom is -0.480 e. The van der Waals surface area contributed by atoms with Crippen LogP contribution in [0, 0.1) is 2.88 Å². The molecule has 1 aromatic heterocycles. The Morgan fingerprint density at radius 1 is 1.30 bits per heavy atom. The molecule has 0 saturated carbocycles. The Balaban J connectivity index is 2.06. The highest BCUT2D eigenvalue weighted by atomic mass is 127. The summed E-state index contributed by atoms with van der Waals surface area (Å²) in [7, 11) is 0. The molecule has 6 heteroatoms. The number of carboxylic acid groups (broad SMARTS) is 1. The molecule has 2 rings (SSSR count). The third-order valence-electron chi connectivity index (χ3n) is 2.72. The molecule has 0 spiro atoms. The van der Waals surface area contributed by atoms with Gasteiger partial charge in [0.1, 0.15) is 6.04 Å². The maximum Gasteiger partial charge on any atom is 0.326 e. The van der Waals surface area contributed by atoms with Gasteiger partial charge in [-0.2, -0.15) is 0 Å². The largest absolute Gasteiger partial charge is 0.480 e. The Bertz CT molecular complexity index is 612. The SMILES string of the molecule is O=C(N[C@@H](Cc1ccccc1)C(=O)O)c1csc(I)c1. The fourth-order valence-electron chi connectivity index (χ4n) is 1.72. The van der Waals surface area contributed by atoms with E-state index in [9.17, 15) is 14.7 Å². The highest BCUT2D eigenvalue weighted by Crippen LogP contribution is 2.16. The summed E-state index contributed by atoms with van der Waals surface area (Å²) in [5.41, 5.74) is 1.37. The van der Waals surface area contributed by atoms with Gasteiger partial charge in [0.05, 0.1) is 8.45 Å². The van der Waals surface area contributed by atoms with E-state index in [0.717, 1.165) is 8.45 Å². The second kappa shape index (κ2) is 6.85. The molecule has 0 bridgehead atoms. The van der Waals surface area contributed by atoms with Crippen molar-refractivity contribution < 1.29 is 14.7 Å². The molecule has 0 fully saturated rings. The van der Waals surface area contributed by atoms with Crippen LogP contribution >= 0.6 is 33.9 Å². The summed E-state index contributed by atoms with van der Waals surface area (Å²) in [6, 6.07) is 10.1. The zero-order valence-electron chi connectivity index (χ0n) is 10.4. The molecule has 1 amide bonds. The van der Waals surface area contributed by atoms with Crippen LogP contribution in [0.15, 0.2) is 41.8 Å². The van der Waals surface area contributed by atoms with Crippen molar-refractivity contribution in [2.75, 3.05) is 0 Å². The van der Waals surface area contributed by atoms with Crippen molar-refractivity contribution in [2.45, 2.75) is 12.5 Å². The van der Waals surface area contributed by atoms with Crippen molar-refractivity contribution in [2.24, 2.45) is 0 Å². The number of amides is 1. The van der Waals surface area contributed by atoms with Crippen molar-refractivity contribution in [3.05, 3.63) is 55.8 Å². The van der Waals surface area contributed by atoms with Gasteiger partial charge >= 0.3 is 5.97 Å². The average Bonchev–Trinajstić information content (AvgIpc) is 2.86. The van der Waals surface area contributed by atoms with Gasteiger partial charge in [0.15, 0.2) is 0 Å². The van der Waals surface area contributed by atoms with Gasteiger partial charge < -0.3 is 10.4 Å². The summed E-state index contributed by atoms with van der Waals surface area (Å²) in [6.45, 7) is 0. The normalized spacial score (nSPS) is 11.8. The number of carboxylic acids is 1. The first-order chi connectivity index (χ1) is 9.56.